The topological polar surface area (TPSA) is 80.4 Å². The second-order valence-electron chi connectivity index (χ2n) is 3.07. The summed E-state index contributed by atoms with van der Waals surface area (Å²) in [5.41, 5.74) is 0.672. The highest BCUT2D eigenvalue weighted by atomic mass is 35.5. The smallest absolute Gasteiger partial charge is 0.328 e. The quantitative estimate of drug-likeness (QED) is 0.501. The maximum Gasteiger partial charge on any atom is 0.328 e. The van der Waals surface area contributed by atoms with E-state index in [9.17, 15) is 14.9 Å². The van der Waals surface area contributed by atoms with E-state index in [4.69, 9.17) is 16.7 Å². The van der Waals surface area contributed by atoms with Crippen LogP contribution in [0.2, 0.25) is 5.02 Å². The average Bonchev–Trinajstić information content (AvgIpc) is 2.18. The van der Waals surface area contributed by atoms with Crippen LogP contribution in [0.25, 0.3) is 6.08 Å². The zero-order valence-electron chi connectivity index (χ0n) is 8.31. The molecule has 1 N–H and O–H groups in total. The minimum absolute atomic E-state index is 0.127. The van der Waals surface area contributed by atoms with Crippen LogP contribution in [-0.2, 0) is 4.79 Å². The minimum atomic E-state index is -1.12. The lowest BCUT2D eigenvalue weighted by Crippen LogP contribution is -1.94. The first kappa shape index (κ1) is 12.2. The fourth-order valence-electron chi connectivity index (χ4n) is 1.21. The van der Waals surface area contributed by atoms with Gasteiger partial charge in [-0.05, 0) is 24.6 Å². The van der Waals surface area contributed by atoms with Gasteiger partial charge < -0.3 is 5.11 Å². The fraction of sp³-hybridized carbons (Fsp3) is 0.100. The lowest BCUT2D eigenvalue weighted by atomic mass is 10.1. The lowest BCUT2D eigenvalue weighted by molar-refractivity contribution is -0.385. The van der Waals surface area contributed by atoms with Crippen molar-refractivity contribution in [1.29, 1.82) is 0 Å². The molecule has 0 heterocycles. The van der Waals surface area contributed by atoms with Gasteiger partial charge in [-0.15, -0.1) is 0 Å². The maximum absolute atomic E-state index is 10.7. The van der Waals surface area contributed by atoms with Gasteiger partial charge in [0.05, 0.1) is 4.92 Å². The van der Waals surface area contributed by atoms with Crippen molar-refractivity contribution in [3.63, 3.8) is 0 Å². The summed E-state index contributed by atoms with van der Waals surface area (Å²) < 4.78 is 0. The van der Waals surface area contributed by atoms with Crippen molar-refractivity contribution in [3.8, 4) is 0 Å². The molecular formula is C10H8ClNO4. The highest BCUT2D eigenvalue weighted by Gasteiger charge is 2.14. The molecule has 0 bridgehead atoms. The Balaban J connectivity index is 3.29. The molecule has 84 valence electrons. The Labute approximate surface area is 96.1 Å². The number of carbonyl (C=O) groups is 1. The van der Waals surface area contributed by atoms with E-state index in [0.29, 0.717) is 11.1 Å². The predicted molar refractivity (Wildman–Crippen MR) is 59.5 cm³/mol. The first-order valence-electron chi connectivity index (χ1n) is 4.27. The number of hydrogen-bond acceptors (Lipinski definition) is 3. The number of nitro benzene ring substituents is 1. The Morgan fingerprint density at radius 1 is 1.56 bits per heavy atom. The van der Waals surface area contributed by atoms with Crippen LogP contribution >= 0.6 is 11.6 Å². The van der Waals surface area contributed by atoms with Gasteiger partial charge in [0, 0.05) is 22.7 Å². The van der Waals surface area contributed by atoms with Crippen LogP contribution < -0.4 is 0 Å². The summed E-state index contributed by atoms with van der Waals surface area (Å²) in [5, 5.41) is 19.3. The highest BCUT2D eigenvalue weighted by molar-refractivity contribution is 6.31. The molecule has 0 saturated heterocycles. The summed E-state index contributed by atoms with van der Waals surface area (Å²) >= 11 is 5.70. The third kappa shape index (κ3) is 2.80. The highest BCUT2D eigenvalue weighted by Crippen LogP contribution is 2.27. The van der Waals surface area contributed by atoms with E-state index >= 15 is 0 Å². The molecule has 0 aliphatic heterocycles. The van der Waals surface area contributed by atoms with Crippen LogP contribution in [0, 0.1) is 17.0 Å². The third-order valence-corrected chi connectivity index (χ3v) is 2.21. The lowest BCUT2D eigenvalue weighted by Gasteiger charge is -2.02. The number of carboxylic acids is 1. The van der Waals surface area contributed by atoms with E-state index in [2.05, 4.69) is 0 Å². The van der Waals surface area contributed by atoms with Crippen molar-refractivity contribution in [3.05, 3.63) is 44.5 Å². The summed E-state index contributed by atoms with van der Waals surface area (Å²) in [6, 6.07) is 2.71. The second-order valence-corrected chi connectivity index (χ2v) is 3.50. The largest absolute Gasteiger partial charge is 0.478 e. The molecule has 0 atom stereocenters. The Bertz CT molecular complexity index is 482. The Morgan fingerprint density at radius 2 is 2.19 bits per heavy atom. The molecular weight excluding hydrogens is 234 g/mol. The Kier molecular flexibility index (Phi) is 3.63. The van der Waals surface area contributed by atoms with Gasteiger partial charge in [0.25, 0.3) is 5.69 Å². The first-order valence-corrected chi connectivity index (χ1v) is 4.65. The number of aliphatic carboxylic acids is 1. The van der Waals surface area contributed by atoms with E-state index < -0.39 is 10.9 Å². The van der Waals surface area contributed by atoms with Gasteiger partial charge in [-0.25, -0.2) is 4.79 Å². The molecule has 5 nitrogen and oxygen atoms in total. The number of nitro groups is 1. The molecule has 1 aromatic rings. The molecule has 0 spiro atoms. The third-order valence-electron chi connectivity index (χ3n) is 1.99. The fourth-order valence-corrected chi connectivity index (χ4v) is 1.43. The summed E-state index contributed by atoms with van der Waals surface area (Å²) in [6.45, 7) is 1.54. The van der Waals surface area contributed by atoms with Crippen molar-refractivity contribution in [2.45, 2.75) is 6.92 Å². The SMILES string of the molecule is Cc1c(/C=C/C(=O)O)cc(Cl)cc1[N+](=O)[O-]. The standard InChI is InChI=1S/C10H8ClNO4/c1-6-7(2-3-10(13)14)4-8(11)5-9(6)12(15)16/h2-5H,1H3,(H,13,14)/b3-2+. The van der Waals surface area contributed by atoms with Gasteiger partial charge in [-0.1, -0.05) is 11.6 Å². The normalized spacial score (nSPS) is 10.6. The monoisotopic (exact) mass is 241 g/mol. The molecule has 0 amide bonds. The van der Waals surface area contributed by atoms with E-state index in [1.165, 1.54) is 25.1 Å². The molecule has 1 aromatic carbocycles. The summed E-state index contributed by atoms with van der Waals surface area (Å²) in [7, 11) is 0. The van der Waals surface area contributed by atoms with Gasteiger partial charge in [0.2, 0.25) is 0 Å². The summed E-state index contributed by atoms with van der Waals surface area (Å²) in [5.74, 6) is -1.12. The van der Waals surface area contributed by atoms with E-state index in [1.54, 1.807) is 0 Å². The van der Waals surface area contributed by atoms with Gasteiger partial charge in [0.1, 0.15) is 0 Å². The molecule has 0 saturated carbocycles. The van der Waals surface area contributed by atoms with Gasteiger partial charge >= 0.3 is 5.97 Å². The molecule has 6 heteroatoms. The van der Waals surface area contributed by atoms with Crippen LogP contribution in [0.5, 0.6) is 0 Å². The molecule has 0 aliphatic rings. The molecule has 0 aromatic heterocycles. The predicted octanol–water partition coefficient (Wildman–Crippen LogP) is 2.65. The van der Waals surface area contributed by atoms with Gasteiger partial charge in [0.15, 0.2) is 0 Å². The van der Waals surface area contributed by atoms with Crippen LogP contribution in [0.4, 0.5) is 5.69 Å². The maximum atomic E-state index is 10.7. The number of nitrogens with zero attached hydrogens (tertiary/aromatic N) is 1. The number of benzene rings is 1. The van der Waals surface area contributed by atoms with Crippen molar-refractivity contribution >= 4 is 29.3 Å². The van der Waals surface area contributed by atoms with Crippen LogP contribution in [0.15, 0.2) is 18.2 Å². The van der Waals surface area contributed by atoms with Crippen LogP contribution in [0.3, 0.4) is 0 Å². The molecule has 0 fully saturated rings. The Morgan fingerprint density at radius 3 is 2.69 bits per heavy atom. The molecule has 0 unspecified atom stereocenters. The zero-order chi connectivity index (χ0) is 12.3. The van der Waals surface area contributed by atoms with Crippen molar-refractivity contribution < 1.29 is 14.8 Å². The molecule has 16 heavy (non-hydrogen) atoms. The first-order chi connectivity index (χ1) is 7.41. The van der Waals surface area contributed by atoms with E-state index in [0.717, 1.165) is 6.08 Å². The molecule has 0 radical (unpaired) electrons. The minimum Gasteiger partial charge on any atom is -0.478 e. The van der Waals surface area contributed by atoms with Gasteiger partial charge in [-0.3, -0.25) is 10.1 Å². The molecule has 0 aliphatic carbocycles. The number of hydrogen-bond donors (Lipinski definition) is 1. The van der Waals surface area contributed by atoms with E-state index in [1.807, 2.05) is 0 Å². The zero-order valence-corrected chi connectivity index (χ0v) is 9.06. The van der Waals surface area contributed by atoms with Crippen LogP contribution in [0.1, 0.15) is 11.1 Å². The average molecular weight is 242 g/mol. The molecule has 1 rings (SSSR count). The van der Waals surface area contributed by atoms with Crippen molar-refractivity contribution in [2.75, 3.05) is 0 Å². The summed E-state index contributed by atoms with van der Waals surface area (Å²) in [4.78, 5) is 20.4. The second kappa shape index (κ2) is 4.76. The summed E-state index contributed by atoms with van der Waals surface area (Å²) in [6.07, 6.45) is 2.18. The Hall–Kier alpha value is -1.88. The van der Waals surface area contributed by atoms with Crippen molar-refractivity contribution in [2.24, 2.45) is 0 Å². The van der Waals surface area contributed by atoms with Crippen LogP contribution in [-0.4, -0.2) is 16.0 Å². The van der Waals surface area contributed by atoms with E-state index in [-0.39, 0.29) is 10.7 Å². The van der Waals surface area contributed by atoms with Crippen molar-refractivity contribution in [1.82, 2.24) is 0 Å². The number of carboxylic acid groups (broad SMARTS) is 1. The van der Waals surface area contributed by atoms with Gasteiger partial charge in [-0.2, -0.15) is 0 Å². The number of rotatable bonds is 3. The number of halogens is 1.